The molecule has 1 aliphatic rings. The lowest BCUT2D eigenvalue weighted by Gasteiger charge is -2.27. The number of morpholine rings is 1. The van der Waals surface area contributed by atoms with Gasteiger partial charge in [-0.1, -0.05) is 12.1 Å². The Labute approximate surface area is 151 Å². The standard InChI is InChI=1S/C18H22N2O4S/c1-22-14-4-2-3-13(11-14)5-8-24-15-12-16(25-17(15)18(19)21)20-6-9-23-10-7-20/h2-4,11-12H,5-10H2,1H3,(H2,19,21). The molecule has 0 aliphatic carbocycles. The van der Waals surface area contributed by atoms with E-state index in [9.17, 15) is 4.79 Å². The van der Waals surface area contributed by atoms with Crippen molar-refractivity contribution < 1.29 is 19.0 Å². The Bertz CT molecular complexity index is 726. The summed E-state index contributed by atoms with van der Waals surface area (Å²) in [6, 6.07) is 9.76. The number of hydrogen-bond acceptors (Lipinski definition) is 6. The number of nitrogens with two attached hydrogens (primary N) is 1. The summed E-state index contributed by atoms with van der Waals surface area (Å²) in [6.07, 6.45) is 0.720. The van der Waals surface area contributed by atoms with Crippen molar-refractivity contribution in [1.29, 1.82) is 0 Å². The smallest absolute Gasteiger partial charge is 0.262 e. The molecule has 1 fully saturated rings. The number of carbonyl (C=O) groups is 1. The van der Waals surface area contributed by atoms with Crippen molar-refractivity contribution in [3.05, 3.63) is 40.8 Å². The fourth-order valence-electron chi connectivity index (χ4n) is 2.69. The lowest BCUT2D eigenvalue weighted by Crippen LogP contribution is -2.35. The fourth-order valence-corrected chi connectivity index (χ4v) is 3.69. The average molecular weight is 362 g/mol. The summed E-state index contributed by atoms with van der Waals surface area (Å²) in [7, 11) is 1.65. The molecule has 2 aromatic rings. The largest absolute Gasteiger partial charge is 0.497 e. The van der Waals surface area contributed by atoms with Crippen molar-refractivity contribution in [3.63, 3.8) is 0 Å². The molecule has 1 aromatic heterocycles. The number of hydrogen-bond donors (Lipinski definition) is 1. The molecule has 1 saturated heterocycles. The van der Waals surface area contributed by atoms with E-state index in [1.807, 2.05) is 30.3 Å². The van der Waals surface area contributed by atoms with E-state index in [4.69, 9.17) is 19.9 Å². The van der Waals surface area contributed by atoms with E-state index in [1.54, 1.807) is 7.11 Å². The molecule has 2 heterocycles. The molecule has 1 aliphatic heterocycles. The summed E-state index contributed by atoms with van der Waals surface area (Å²) < 4.78 is 16.5. The van der Waals surface area contributed by atoms with E-state index in [0.29, 0.717) is 30.4 Å². The normalized spacial score (nSPS) is 14.4. The quantitative estimate of drug-likeness (QED) is 0.818. The second kappa shape index (κ2) is 8.22. The maximum atomic E-state index is 11.7. The van der Waals surface area contributed by atoms with Gasteiger partial charge in [0.2, 0.25) is 0 Å². The zero-order valence-corrected chi connectivity index (χ0v) is 15.0. The van der Waals surface area contributed by atoms with Crippen LogP contribution in [0.5, 0.6) is 11.5 Å². The van der Waals surface area contributed by atoms with Gasteiger partial charge in [0.15, 0.2) is 0 Å². The zero-order valence-electron chi connectivity index (χ0n) is 14.2. The summed E-state index contributed by atoms with van der Waals surface area (Å²) in [4.78, 5) is 14.4. The molecule has 0 bridgehead atoms. The van der Waals surface area contributed by atoms with Gasteiger partial charge in [-0.15, -0.1) is 11.3 Å². The van der Waals surface area contributed by atoms with Crippen LogP contribution in [0, 0.1) is 0 Å². The lowest BCUT2D eigenvalue weighted by atomic mass is 10.1. The Hall–Kier alpha value is -2.25. The van der Waals surface area contributed by atoms with Crippen molar-refractivity contribution >= 4 is 22.2 Å². The first-order chi connectivity index (χ1) is 12.2. The minimum absolute atomic E-state index is 0.458. The van der Waals surface area contributed by atoms with Gasteiger partial charge in [0.05, 0.1) is 31.9 Å². The summed E-state index contributed by atoms with van der Waals surface area (Å²) >= 11 is 1.38. The van der Waals surface area contributed by atoms with Gasteiger partial charge in [-0.05, 0) is 17.7 Å². The van der Waals surface area contributed by atoms with Gasteiger partial charge < -0.3 is 24.8 Å². The molecule has 0 unspecified atom stereocenters. The van der Waals surface area contributed by atoms with E-state index < -0.39 is 5.91 Å². The van der Waals surface area contributed by atoms with Gasteiger partial charge in [0.25, 0.3) is 5.91 Å². The SMILES string of the molecule is COc1cccc(CCOc2cc(N3CCOCC3)sc2C(N)=O)c1. The third-order valence-corrected chi connectivity index (χ3v) is 5.21. The Morgan fingerprint density at radius 1 is 1.32 bits per heavy atom. The predicted octanol–water partition coefficient (Wildman–Crippen LogP) is 2.31. The highest BCUT2D eigenvalue weighted by Gasteiger charge is 2.20. The minimum atomic E-state index is -0.458. The molecule has 2 N–H and O–H groups in total. The van der Waals surface area contributed by atoms with Crippen molar-refractivity contribution in [1.82, 2.24) is 0 Å². The maximum absolute atomic E-state index is 11.7. The number of methoxy groups -OCH3 is 1. The van der Waals surface area contributed by atoms with Gasteiger partial charge in [-0.25, -0.2) is 0 Å². The van der Waals surface area contributed by atoms with Crippen LogP contribution in [-0.4, -0.2) is 45.9 Å². The van der Waals surface area contributed by atoms with Gasteiger partial charge in [0.1, 0.15) is 16.4 Å². The number of amides is 1. The molecule has 1 amide bonds. The van der Waals surface area contributed by atoms with Crippen LogP contribution in [0.2, 0.25) is 0 Å². The van der Waals surface area contributed by atoms with Crippen molar-refractivity contribution in [2.24, 2.45) is 5.73 Å². The first-order valence-corrected chi connectivity index (χ1v) is 9.01. The molecule has 6 nitrogen and oxygen atoms in total. The van der Waals surface area contributed by atoms with Crippen LogP contribution in [0.15, 0.2) is 30.3 Å². The Balaban J connectivity index is 1.66. The molecule has 25 heavy (non-hydrogen) atoms. The number of ether oxygens (including phenoxy) is 3. The van der Waals surface area contributed by atoms with Crippen LogP contribution in [0.1, 0.15) is 15.2 Å². The van der Waals surface area contributed by atoms with Gasteiger partial charge in [-0.2, -0.15) is 0 Å². The van der Waals surface area contributed by atoms with Crippen LogP contribution in [-0.2, 0) is 11.2 Å². The zero-order chi connectivity index (χ0) is 17.6. The molecular weight excluding hydrogens is 340 g/mol. The van der Waals surface area contributed by atoms with Gasteiger partial charge in [0, 0.05) is 25.6 Å². The third kappa shape index (κ3) is 4.43. The van der Waals surface area contributed by atoms with E-state index >= 15 is 0 Å². The number of nitrogens with zero attached hydrogens (tertiary/aromatic N) is 1. The molecule has 0 spiro atoms. The highest BCUT2D eigenvalue weighted by molar-refractivity contribution is 7.18. The van der Waals surface area contributed by atoms with E-state index in [2.05, 4.69) is 4.90 Å². The first-order valence-electron chi connectivity index (χ1n) is 8.19. The Morgan fingerprint density at radius 3 is 2.84 bits per heavy atom. The molecular formula is C18H22N2O4S. The second-order valence-corrected chi connectivity index (χ2v) is 6.72. The molecule has 0 radical (unpaired) electrons. The van der Waals surface area contributed by atoms with Crippen molar-refractivity contribution in [3.8, 4) is 11.5 Å². The van der Waals surface area contributed by atoms with Gasteiger partial charge >= 0.3 is 0 Å². The fraction of sp³-hybridized carbons (Fsp3) is 0.389. The summed E-state index contributed by atoms with van der Waals surface area (Å²) in [5, 5.41) is 0.994. The summed E-state index contributed by atoms with van der Waals surface area (Å²) in [5.41, 5.74) is 6.62. The molecule has 134 valence electrons. The summed E-state index contributed by atoms with van der Waals surface area (Å²) in [5.74, 6) is 0.920. The topological polar surface area (TPSA) is 74.0 Å². The number of anilines is 1. The van der Waals surface area contributed by atoms with Crippen LogP contribution in [0.3, 0.4) is 0 Å². The number of benzene rings is 1. The number of carbonyl (C=O) groups excluding carboxylic acids is 1. The minimum Gasteiger partial charge on any atom is -0.497 e. The maximum Gasteiger partial charge on any atom is 0.262 e. The average Bonchev–Trinajstić information content (AvgIpc) is 3.07. The highest BCUT2D eigenvalue weighted by atomic mass is 32.1. The molecule has 7 heteroatoms. The first kappa shape index (κ1) is 17.6. The Kier molecular flexibility index (Phi) is 5.78. The van der Waals surface area contributed by atoms with Crippen LogP contribution in [0.4, 0.5) is 5.00 Å². The molecule has 3 rings (SSSR count). The number of thiophene rings is 1. The molecule has 0 atom stereocenters. The number of rotatable bonds is 7. The van der Waals surface area contributed by atoms with Crippen molar-refractivity contribution in [2.75, 3.05) is 44.9 Å². The monoisotopic (exact) mass is 362 g/mol. The van der Waals surface area contributed by atoms with Crippen LogP contribution < -0.4 is 20.1 Å². The van der Waals surface area contributed by atoms with E-state index in [1.165, 1.54) is 11.3 Å². The van der Waals surface area contributed by atoms with Crippen molar-refractivity contribution in [2.45, 2.75) is 6.42 Å². The lowest BCUT2D eigenvalue weighted by molar-refractivity contribution is 0.100. The van der Waals surface area contributed by atoms with Gasteiger partial charge in [-0.3, -0.25) is 4.79 Å². The third-order valence-electron chi connectivity index (χ3n) is 4.01. The Morgan fingerprint density at radius 2 is 2.12 bits per heavy atom. The van der Waals surface area contributed by atoms with Crippen LogP contribution in [0.25, 0.3) is 0 Å². The summed E-state index contributed by atoms with van der Waals surface area (Å²) in [6.45, 7) is 3.46. The predicted molar refractivity (Wildman–Crippen MR) is 98.1 cm³/mol. The molecule has 0 saturated carbocycles. The second-order valence-electron chi connectivity index (χ2n) is 5.69. The van der Waals surface area contributed by atoms with E-state index in [-0.39, 0.29) is 0 Å². The number of primary amides is 1. The highest BCUT2D eigenvalue weighted by Crippen LogP contribution is 2.36. The molecule has 1 aromatic carbocycles. The van der Waals surface area contributed by atoms with Crippen LogP contribution >= 0.6 is 11.3 Å². The van der Waals surface area contributed by atoms with E-state index in [0.717, 1.165) is 35.8 Å².